The number of hydrogen-bond acceptors (Lipinski definition) is 5. The fourth-order valence-corrected chi connectivity index (χ4v) is 4.49. The molecule has 0 bridgehead atoms. The average Bonchev–Trinajstić information content (AvgIpc) is 2.44. The lowest BCUT2D eigenvalue weighted by molar-refractivity contribution is -0.147. The van der Waals surface area contributed by atoms with Crippen molar-refractivity contribution in [2.45, 2.75) is 38.8 Å². The fraction of sp³-hybridized carbons (Fsp3) is 0.846. The topological polar surface area (TPSA) is 61.8 Å². The number of hydrogen-bond donors (Lipinski definition) is 0. The van der Waals surface area contributed by atoms with Crippen molar-refractivity contribution < 1.29 is 23.2 Å². The van der Waals surface area contributed by atoms with Crippen molar-refractivity contribution in [3.05, 3.63) is 0 Å². The highest BCUT2D eigenvalue weighted by Crippen LogP contribution is 2.27. The number of rotatable bonds is 10. The highest BCUT2D eigenvalue weighted by atomic mass is 28.4. The van der Waals surface area contributed by atoms with Gasteiger partial charge in [0, 0.05) is 20.6 Å². The van der Waals surface area contributed by atoms with E-state index in [0.717, 1.165) is 18.4 Å². The van der Waals surface area contributed by atoms with E-state index in [9.17, 15) is 9.59 Å². The van der Waals surface area contributed by atoms with Crippen LogP contribution in [0.25, 0.3) is 0 Å². The van der Waals surface area contributed by atoms with Gasteiger partial charge in [0.15, 0.2) is 0 Å². The summed E-state index contributed by atoms with van der Waals surface area (Å²) in [5, 5.41) is 0. The van der Waals surface area contributed by atoms with E-state index in [1.807, 2.05) is 13.8 Å². The van der Waals surface area contributed by atoms with Gasteiger partial charge in [0.25, 0.3) is 0 Å². The van der Waals surface area contributed by atoms with Crippen molar-refractivity contribution in [2.75, 3.05) is 21.3 Å². The third kappa shape index (κ3) is 5.42. The summed E-state index contributed by atoms with van der Waals surface area (Å²) in [6.07, 6.45) is 1.83. The maximum atomic E-state index is 11.8. The van der Waals surface area contributed by atoms with Crippen LogP contribution in [0.5, 0.6) is 0 Å². The van der Waals surface area contributed by atoms with Crippen LogP contribution in [-0.4, -0.2) is 42.1 Å². The largest absolute Gasteiger partial charge is 0.469 e. The van der Waals surface area contributed by atoms with Crippen LogP contribution in [0.15, 0.2) is 0 Å². The first-order valence-corrected chi connectivity index (χ1v) is 8.85. The van der Waals surface area contributed by atoms with Gasteiger partial charge in [0.1, 0.15) is 6.29 Å². The SMILES string of the molecule is CC[Si](CCC(C(=O)OC)C(C)CC=O)(OC)OC. The Hall–Kier alpha value is -0.723. The van der Waals surface area contributed by atoms with Gasteiger partial charge < -0.3 is 18.4 Å². The van der Waals surface area contributed by atoms with E-state index in [1.165, 1.54) is 7.11 Å². The van der Waals surface area contributed by atoms with E-state index < -0.39 is 8.56 Å². The molecule has 0 N–H and O–H groups in total. The molecule has 0 fully saturated rings. The fourth-order valence-electron chi connectivity index (χ4n) is 2.23. The molecule has 0 heterocycles. The molecule has 2 unspecified atom stereocenters. The quantitative estimate of drug-likeness (QED) is 0.350. The molecule has 2 atom stereocenters. The molecular formula is C13H26O5Si. The summed E-state index contributed by atoms with van der Waals surface area (Å²) in [6.45, 7) is 3.92. The van der Waals surface area contributed by atoms with Crippen LogP contribution in [0.2, 0.25) is 12.1 Å². The number of methoxy groups -OCH3 is 1. The summed E-state index contributed by atoms with van der Waals surface area (Å²) >= 11 is 0. The number of esters is 1. The predicted molar refractivity (Wildman–Crippen MR) is 75.0 cm³/mol. The van der Waals surface area contributed by atoms with Crippen LogP contribution in [0.3, 0.4) is 0 Å². The molecule has 0 aliphatic carbocycles. The summed E-state index contributed by atoms with van der Waals surface area (Å²) in [6, 6.07) is 1.55. The third-order valence-corrected chi connectivity index (χ3v) is 7.39. The van der Waals surface area contributed by atoms with Gasteiger partial charge in [-0.1, -0.05) is 13.8 Å². The van der Waals surface area contributed by atoms with Crippen LogP contribution in [0.1, 0.15) is 26.7 Å². The first kappa shape index (κ1) is 18.3. The first-order chi connectivity index (χ1) is 9.00. The summed E-state index contributed by atoms with van der Waals surface area (Å²) < 4.78 is 15.9. The van der Waals surface area contributed by atoms with E-state index in [4.69, 9.17) is 13.6 Å². The third-order valence-electron chi connectivity index (χ3n) is 3.78. The Morgan fingerprint density at radius 3 is 2.21 bits per heavy atom. The average molecular weight is 290 g/mol. The summed E-state index contributed by atoms with van der Waals surface area (Å²) in [7, 11) is 2.48. The second kappa shape index (κ2) is 9.22. The van der Waals surface area contributed by atoms with Crippen molar-refractivity contribution in [2.24, 2.45) is 11.8 Å². The van der Waals surface area contributed by atoms with Crippen LogP contribution in [0, 0.1) is 11.8 Å². The van der Waals surface area contributed by atoms with Gasteiger partial charge in [0.05, 0.1) is 13.0 Å². The Kier molecular flexibility index (Phi) is 8.87. The zero-order valence-corrected chi connectivity index (χ0v) is 13.6. The lowest BCUT2D eigenvalue weighted by atomic mass is 9.89. The minimum Gasteiger partial charge on any atom is -0.469 e. The zero-order chi connectivity index (χ0) is 14.9. The Morgan fingerprint density at radius 2 is 1.84 bits per heavy atom. The molecular weight excluding hydrogens is 264 g/mol. The maximum absolute atomic E-state index is 11.8. The minimum absolute atomic E-state index is 0.0257. The van der Waals surface area contributed by atoms with Crippen LogP contribution < -0.4 is 0 Å². The van der Waals surface area contributed by atoms with E-state index >= 15 is 0 Å². The standard InChI is InChI=1S/C13H26O5Si/c1-6-19(17-4,18-5)10-8-12(13(15)16-3)11(2)7-9-14/h9,11-12H,6-8,10H2,1-5H3. The Bertz CT molecular complexity index is 270. The smallest absolute Gasteiger partial charge is 0.337 e. The molecule has 0 aromatic carbocycles. The molecule has 0 aliphatic heterocycles. The molecule has 112 valence electrons. The highest BCUT2D eigenvalue weighted by molar-refractivity contribution is 6.67. The van der Waals surface area contributed by atoms with Crippen LogP contribution >= 0.6 is 0 Å². The van der Waals surface area contributed by atoms with Crippen molar-refractivity contribution in [3.63, 3.8) is 0 Å². The highest BCUT2D eigenvalue weighted by Gasteiger charge is 2.36. The minimum atomic E-state index is -2.20. The van der Waals surface area contributed by atoms with E-state index in [-0.39, 0.29) is 17.8 Å². The molecule has 0 rings (SSSR count). The number of carbonyl (C=O) groups excluding carboxylic acids is 2. The molecule has 0 spiro atoms. The Balaban J connectivity index is 4.73. The van der Waals surface area contributed by atoms with Crippen LogP contribution in [0.4, 0.5) is 0 Å². The first-order valence-electron chi connectivity index (χ1n) is 6.62. The number of aldehydes is 1. The molecule has 19 heavy (non-hydrogen) atoms. The van der Waals surface area contributed by atoms with Crippen molar-refractivity contribution >= 4 is 20.8 Å². The molecule has 0 saturated carbocycles. The van der Waals surface area contributed by atoms with Gasteiger partial charge in [-0.25, -0.2) is 0 Å². The molecule has 5 nitrogen and oxygen atoms in total. The number of carbonyl (C=O) groups is 2. The van der Waals surface area contributed by atoms with Gasteiger partial charge in [-0.15, -0.1) is 0 Å². The molecule has 6 heteroatoms. The summed E-state index contributed by atoms with van der Waals surface area (Å²) in [5.41, 5.74) is 0. The summed E-state index contributed by atoms with van der Waals surface area (Å²) in [5.74, 6) is -0.568. The molecule has 0 amide bonds. The van der Waals surface area contributed by atoms with Gasteiger partial charge in [-0.05, 0) is 24.4 Å². The maximum Gasteiger partial charge on any atom is 0.337 e. The molecule has 0 saturated heterocycles. The molecule has 0 aromatic rings. The van der Waals surface area contributed by atoms with Crippen molar-refractivity contribution in [3.8, 4) is 0 Å². The van der Waals surface area contributed by atoms with E-state index in [1.54, 1.807) is 14.2 Å². The van der Waals surface area contributed by atoms with Gasteiger partial charge in [-0.2, -0.15) is 0 Å². The lowest BCUT2D eigenvalue weighted by Gasteiger charge is -2.28. The van der Waals surface area contributed by atoms with Gasteiger partial charge in [0.2, 0.25) is 0 Å². The Labute approximate surface area is 116 Å². The zero-order valence-electron chi connectivity index (χ0n) is 12.6. The van der Waals surface area contributed by atoms with Gasteiger partial charge >= 0.3 is 14.5 Å². The predicted octanol–water partition coefficient (Wildman–Crippen LogP) is 2.15. The summed E-state index contributed by atoms with van der Waals surface area (Å²) in [4.78, 5) is 22.4. The van der Waals surface area contributed by atoms with E-state index in [0.29, 0.717) is 12.8 Å². The monoisotopic (exact) mass is 290 g/mol. The number of ether oxygens (including phenoxy) is 1. The van der Waals surface area contributed by atoms with Crippen LogP contribution in [-0.2, 0) is 23.2 Å². The lowest BCUT2D eigenvalue weighted by Crippen LogP contribution is -2.40. The second-order valence-corrected chi connectivity index (χ2v) is 8.57. The normalized spacial score (nSPS) is 14.8. The van der Waals surface area contributed by atoms with E-state index in [2.05, 4.69) is 0 Å². The second-order valence-electron chi connectivity index (χ2n) is 4.72. The molecule has 0 aromatic heterocycles. The molecule has 0 radical (unpaired) electrons. The Morgan fingerprint density at radius 1 is 1.26 bits per heavy atom. The van der Waals surface area contributed by atoms with Crippen molar-refractivity contribution in [1.29, 1.82) is 0 Å². The van der Waals surface area contributed by atoms with Gasteiger partial charge in [-0.3, -0.25) is 4.79 Å². The van der Waals surface area contributed by atoms with Crippen molar-refractivity contribution in [1.82, 2.24) is 0 Å². The molecule has 0 aliphatic rings.